The maximum atomic E-state index is 12.0. The molecule has 0 fully saturated rings. The third-order valence-corrected chi connectivity index (χ3v) is 3.00. The lowest BCUT2D eigenvalue weighted by atomic mass is 10.0. The number of nitrogens with zero attached hydrogens (tertiary/aromatic N) is 1. The number of hydrogen-bond acceptors (Lipinski definition) is 4. The molecule has 0 N–H and O–H groups in total. The molecule has 1 aromatic carbocycles. The zero-order valence-corrected chi connectivity index (χ0v) is 13.5. The Morgan fingerprint density at radius 2 is 1.67 bits per heavy atom. The van der Waals surface area contributed by atoms with E-state index in [1.54, 1.807) is 38.2 Å². The SMILES string of the molecule is COC(=O)C(C)c1ccc(N(C)C(=O)OC(C)(C)C)cc1. The van der Waals surface area contributed by atoms with Crippen LogP contribution in [-0.4, -0.2) is 31.8 Å². The predicted molar refractivity (Wildman–Crippen MR) is 81.5 cm³/mol. The number of carbonyl (C=O) groups excluding carboxylic acids is 2. The van der Waals surface area contributed by atoms with Crippen LogP contribution in [0.15, 0.2) is 24.3 Å². The first-order valence-electron chi connectivity index (χ1n) is 6.80. The fourth-order valence-electron chi connectivity index (χ4n) is 1.74. The van der Waals surface area contributed by atoms with E-state index < -0.39 is 11.7 Å². The van der Waals surface area contributed by atoms with Gasteiger partial charge in [-0.1, -0.05) is 12.1 Å². The monoisotopic (exact) mass is 293 g/mol. The van der Waals surface area contributed by atoms with Crippen molar-refractivity contribution < 1.29 is 19.1 Å². The Hall–Kier alpha value is -2.04. The molecule has 1 rings (SSSR count). The summed E-state index contributed by atoms with van der Waals surface area (Å²) in [5.41, 5.74) is 0.998. The van der Waals surface area contributed by atoms with Crippen LogP contribution in [0, 0.1) is 0 Å². The average molecular weight is 293 g/mol. The summed E-state index contributed by atoms with van der Waals surface area (Å²) in [7, 11) is 3.01. The van der Waals surface area contributed by atoms with E-state index in [-0.39, 0.29) is 11.9 Å². The smallest absolute Gasteiger partial charge is 0.414 e. The average Bonchev–Trinajstić information content (AvgIpc) is 2.43. The molecule has 1 amide bonds. The number of hydrogen-bond donors (Lipinski definition) is 0. The molecule has 0 spiro atoms. The van der Waals surface area contributed by atoms with Gasteiger partial charge in [0.25, 0.3) is 0 Å². The summed E-state index contributed by atoms with van der Waals surface area (Å²) in [6, 6.07) is 7.16. The summed E-state index contributed by atoms with van der Waals surface area (Å²) in [4.78, 5) is 24.9. The van der Waals surface area contributed by atoms with E-state index in [4.69, 9.17) is 9.47 Å². The second-order valence-corrected chi connectivity index (χ2v) is 5.88. The summed E-state index contributed by atoms with van der Waals surface area (Å²) < 4.78 is 10.0. The molecule has 0 heterocycles. The molecule has 0 aliphatic rings. The summed E-state index contributed by atoms with van der Waals surface area (Å²) >= 11 is 0. The third-order valence-electron chi connectivity index (χ3n) is 3.00. The molecule has 0 saturated heterocycles. The first kappa shape index (κ1) is 17.0. The van der Waals surface area contributed by atoms with Gasteiger partial charge >= 0.3 is 12.1 Å². The Morgan fingerprint density at radius 3 is 2.10 bits per heavy atom. The maximum Gasteiger partial charge on any atom is 0.414 e. The molecule has 0 aromatic heterocycles. The van der Waals surface area contributed by atoms with Crippen molar-refractivity contribution in [3.63, 3.8) is 0 Å². The molecule has 1 atom stereocenters. The van der Waals surface area contributed by atoms with Gasteiger partial charge in [-0.3, -0.25) is 9.69 Å². The van der Waals surface area contributed by atoms with Gasteiger partial charge in [-0.15, -0.1) is 0 Å². The lowest BCUT2D eigenvalue weighted by molar-refractivity contribution is -0.141. The van der Waals surface area contributed by atoms with Crippen molar-refractivity contribution in [2.24, 2.45) is 0 Å². The van der Waals surface area contributed by atoms with Gasteiger partial charge in [0, 0.05) is 12.7 Å². The summed E-state index contributed by atoms with van der Waals surface area (Å²) in [5.74, 6) is -0.626. The van der Waals surface area contributed by atoms with Crippen LogP contribution < -0.4 is 4.90 Å². The Balaban J connectivity index is 2.82. The Kier molecular flexibility index (Phi) is 5.35. The van der Waals surface area contributed by atoms with Crippen LogP contribution >= 0.6 is 0 Å². The largest absolute Gasteiger partial charge is 0.469 e. The summed E-state index contributed by atoms with van der Waals surface area (Å²) in [6.45, 7) is 7.23. The van der Waals surface area contributed by atoms with Gasteiger partial charge in [0.15, 0.2) is 0 Å². The molecule has 1 unspecified atom stereocenters. The standard InChI is InChI=1S/C16H23NO4/c1-11(14(18)20-6)12-7-9-13(10-8-12)17(5)15(19)21-16(2,3)4/h7-11H,1-6H3. The van der Waals surface area contributed by atoms with E-state index in [0.29, 0.717) is 5.69 Å². The van der Waals surface area contributed by atoms with Crippen LogP contribution in [0.5, 0.6) is 0 Å². The Labute approximate surface area is 125 Å². The van der Waals surface area contributed by atoms with Crippen molar-refractivity contribution in [3.05, 3.63) is 29.8 Å². The van der Waals surface area contributed by atoms with Gasteiger partial charge in [-0.25, -0.2) is 4.79 Å². The summed E-state index contributed by atoms with van der Waals surface area (Å²) in [5, 5.41) is 0. The lowest BCUT2D eigenvalue weighted by Gasteiger charge is -2.24. The first-order valence-corrected chi connectivity index (χ1v) is 6.80. The number of amides is 1. The Bertz CT molecular complexity index is 502. The second-order valence-electron chi connectivity index (χ2n) is 5.88. The van der Waals surface area contributed by atoms with Gasteiger partial charge < -0.3 is 9.47 Å². The zero-order chi connectivity index (χ0) is 16.2. The quantitative estimate of drug-likeness (QED) is 0.802. The van der Waals surface area contributed by atoms with E-state index >= 15 is 0 Å². The van der Waals surface area contributed by atoms with Gasteiger partial charge in [0.05, 0.1) is 13.0 Å². The molecule has 0 aliphatic heterocycles. The van der Waals surface area contributed by atoms with Crippen molar-refractivity contribution in [3.8, 4) is 0 Å². The molecule has 5 nitrogen and oxygen atoms in total. The first-order chi connectivity index (χ1) is 9.65. The van der Waals surface area contributed by atoms with Crippen molar-refractivity contribution >= 4 is 17.7 Å². The minimum atomic E-state index is -0.537. The van der Waals surface area contributed by atoms with Crippen LogP contribution in [0.3, 0.4) is 0 Å². The fraction of sp³-hybridized carbons (Fsp3) is 0.500. The molecule has 5 heteroatoms. The summed E-state index contributed by atoms with van der Waals surface area (Å²) in [6.07, 6.45) is -0.420. The van der Waals surface area contributed by atoms with Crippen LogP contribution in [-0.2, 0) is 14.3 Å². The predicted octanol–water partition coefficient (Wildman–Crippen LogP) is 3.33. The molecular formula is C16H23NO4. The van der Waals surface area contributed by atoms with Gasteiger partial charge in [0.1, 0.15) is 5.60 Å². The lowest BCUT2D eigenvalue weighted by Crippen LogP contribution is -2.34. The fourth-order valence-corrected chi connectivity index (χ4v) is 1.74. The highest BCUT2D eigenvalue weighted by Crippen LogP contribution is 2.22. The number of benzene rings is 1. The molecular weight excluding hydrogens is 270 g/mol. The van der Waals surface area contributed by atoms with E-state index in [1.807, 2.05) is 20.8 Å². The van der Waals surface area contributed by atoms with Crippen molar-refractivity contribution in [2.75, 3.05) is 19.1 Å². The van der Waals surface area contributed by atoms with Crippen molar-refractivity contribution in [2.45, 2.75) is 39.2 Å². The normalized spacial score (nSPS) is 12.5. The van der Waals surface area contributed by atoms with Crippen LogP contribution in [0.4, 0.5) is 10.5 Å². The van der Waals surface area contributed by atoms with Gasteiger partial charge in [-0.2, -0.15) is 0 Å². The maximum absolute atomic E-state index is 12.0. The van der Waals surface area contributed by atoms with E-state index in [0.717, 1.165) is 5.56 Å². The van der Waals surface area contributed by atoms with Gasteiger partial charge in [-0.05, 0) is 45.4 Å². The number of methoxy groups -OCH3 is 1. The van der Waals surface area contributed by atoms with E-state index in [9.17, 15) is 9.59 Å². The van der Waals surface area contributed by atoms with Crippen molar-refractivity contribution in [1.29, 1.82) is 0 Å². The molecule has 0 saturated carbocycles. The zero-order valence-electron chi connectivity index (χ0n) is 13.5. The molecule has 0 bridgehead atoms. The highest BCUT2D eigenvalue weighted by Gasteiger charge is 2.21. The molecule has 116 valence electrons. The van der Waals surface area contributed by atoms with Crippen LogP contribution in [0.2, 0.25) is 0 Å². The van der Waals surface area contributed by atoms with Crippen LogP contribution in [0.1, 0.15) is 39.2 Å². The topological polar surface area (TPSA) is 55.8 Å². The number of esters is 1. The van der Waals surface area contributed by atoms with Gasteiger partial charge in [0.2, 0.25) is 0 Å². The van der Waals surface area contributed by atoms with Crippen LogP contribution in [0.25, 0.3) is 0 Å². The third kappa shape index (κ3) is 4.77. The number of anilines is 1. The molecule has 0 aliphatic carbocycles. The molecule has 0 radical (unpaired) electrons. The number of rotatable bonds is 3. The minimum Gasteiger partial charge on any atom is -0.469 e. The van der Waals surface area contributed by atoms with E-state index in [1.165, 1.54) is 12.0 Å². The highest BCUT2D eigenvalue weighted by atomic mass is 16.6. The minimum absolute atomic E-state index is 0.289. The molecule has 1 aromatic rings. The second kappa shape index (κ2) is 6.61. The van der Waals surface area contributed by atoms with E-state index in [2.05, 4.69) is 0 Å². The molecule has 21 heavy (non-hydrogen) atoms. The highest BCUT2D eigenvalue weighted by molar-refractivity contribution is 5.87. The van der Waals surface area contributed by atoms with Crippen molar-refractivity contribution in [1.82, 2.24) is 0 Å². The Morgan fingerprint density at radius 1 is 1.14 bits per heavy atom. The number of ether oxygens (including phenoxy) is 2. The number of carbonyl (C=O) groups is 2.